The van der Waals surface area contributed by atoms with Crippen LogP contribution in [0.1, 0.15) is 44.1 Å². The lowest BCUT2D eigenvalue weighted by atomic mass is 9.58. The first-order chi connectivity index (χ1) is 13.0. The molecule has 2 amide bonds. The molecule has 1 heterocycles. The van der Waals surface area contributed by atoms with Gasteiger partial charge in [-0.05, 0) is 43.2 Å². The van der Waals surface area contributed by atoms with Gasteiger partial charge in [-0.1, -0.05) is 42.8 Å². The first kappa shape index (κ1) is 17.8. The summed E-state index contributed by atoms with van der Waals surface area (Å²) in [6.45, 7) is 2.02. The average molecular weight is 366 g/mol. The highest BCUT2D eigenvalue weighted by Gasteiger charge is 2.52. The Hall–Kier alpha value is -2.56. The second-order valence-corrected chi connectivity index (χ2v) is 7.91. The Labute approximate surface area is 159 Å². The van der Waals surface area contributed by atoms with Gasteiger partial charge in [0.2, 0.25) is 5.91 Å². The molecule has 0 bridgehead atoms. The number of benzene rings is 1. The molecule has 3 aliphatic rings. The first-order valence-corrected chi connectivity index (χ1v) is 9.68. The minimum atomic E-state index is -0.806. The fourth-order valence-corrected chi connectivity index (χ4v) is 4.85. The fraction of sp³-hybridized carbons (Fsp3) is 0.455. The molecule has 0 radical (unpaired) electrons. The molecule has 0 aromatic heterocycles. The fourth-order valence-electron chi connectivity index (χ4n) is 4.85. The summed E-state index contributed by atoms with van der Waals surface area (Å²) < 4.78 is 6.17. The third kappa shape index (κ3) is 2.68. The largest absolute Gasteiger partial charge is 0.489 e. The number of carbonyl (C=O) groups is 2. The Balaban J connectivity index is 1.85. The number of hydrogen-bond acceptors (Lipinski definition) is 3. The summed E-state index contributed by atoms with van der Waals surface area (Å²) in [5.74, 6) is 0.274. The molecule has 5 heteroatoms. The van der Waals surface area contributed by atoms with Crippen LogP contribution in [-0.4, -0.2) is 25.0 Å². The lowest BCUT2D eigenvalue weighted by Gasteiger charge is -2.44. The van der Waals surface area contributed by atoms with Gasteiger partial charge < -0.3 is 15.8 Å². The second-order valence-electron chi connectivity index (χ2n) is 7.91. The third-order valence-electron chi connectivity index (χ3n) is 6.49. The molecule has 142 valence electrons. The van der Waals surface area contributed by atoms with Gasteiger partial charge in [-0.3, -0.25) is 9.59 Å². The maximum Gasteiger partial charge on any atom is 0.254 e. The first-order valence-electron chi connectivity index (χ1n) is 9.68. The number of hydrogen-bond donors (Lipinski definition) is 2. The van der Waals surface area contributed by atoms with Gasteiger partial charge in [-0.2, -0.15) is 0 Å². The molecular formula is C22H26N2O3. The molecular weight excluding hydrogens is 340 g/mol. The zero-order valence-corrected chi connectivity index (χ0v) is 15.8. The van der Waals surface area contributed by atoms with Crippen LogP contribution >= 0.6 is 0 Å². The summed E-state index contributed by atoms with van der Waals surface area (Å²) >= 11 is 0. The van der Waals surface area contributed by atoms with Crippen molar-refractivity contribution in [3.63, 3.8) is 0 Å². The standard InChI is InChI=1S/C22H26N2O3/c1-13-18(14-7-4-3-5-8-14)16-11-22(21(23)26,15-9-6-10-15)12-17(19(16)27-13)20(25)24-2/h3-5,7-8,12-13,15,18H,6,9-11H2,1-2H3,(H2,23,26)(H,24,25). The van der Waals surface area contributed by atoms with Crippen LogP contribution in [0.25, 0.3) is 0 Å². The number of rotatable bonds is 4. The average Bonchev–Trinajstić information content (AvgIpc) is 2.95. The zero-order valence-electron chi connectivity index (χ0n) is 15.8. The van der Waals surface area contributed by atoms with Crippen molar-refractivity contribution in [2.24, 2.45) is 17.1 Å². The maximum absolute atomic E-state index is 12.7. The molecule has 4 rings (SSSR count). The van der Waals surface area contributed by atoms with E-state index >= 15 is 0 Å². The molecule has 1 saturated carbocycles. The highest BCUT2D eigenvalue weighted by molar-refractivity contribution is 6.00. The molecule has 1 aromatic rings. The van der Waals surface area contributed by atoms with E-state index in [1.54, 1.807) is 13.1 Å². The van der Waals surface area contributed by atoms with Gasteiger partial charge in [0, 0.05) is 13.0 Å². The van der Waals surface area contributed by atoms with Gasteiger partial charge in [0.05, 0.1) is 11.0 Å². The normalized spacial score (nSPS) is 30.1. The molecule has 1 fully saturated rings. The highest BCUT2D eigenvalue weighted by atomic mass is 16.5. The van der Waals surface area contributed by atoms with Crippen molar-refractivity contribution in [1.82, 2.24) is 5.32 Å². The Kier molecular flexibility index (Phi) is 4.33. The van der Waals surface area contributed by atoms with Gasteiger partial charge in [0.15, 0.2) is 0 Å². The maximum atomic E-state index is 12.7. The highest BCUT2D eigenvalue weighted by Crippen LogP contribution is 2.56. The van der Waals surface area contributed by atoms with Gasteiger partial charge in [-0.25, -0.2) is 0 Å². The molecule has 0 saturated heterocycles. The van der Waals surface area contributed by atoms with Crippen molar-refractivity contribution in [3.8, 4) is 0 Å². The van der Waals surface area contributed by atoms with Crippen molar-refractivity contribution in [1.29, 1.82) is 0 Å². The van der Waals surface area contributed by atoms with Gasteiger partial charge in [-0.15, -0.1) is 0 Å². The van der Waals surface area contributed by atoms with Crippen molar-refractivity contribution in [2.75, 3.05) is 7.05 Å². The molecule has 0 spiro atoms. The molecule has 1 aromatic carbocycles. The number of nitrogens with two attached hydrogens (primary N) is 1. The molecule has 1 aliphatic heterocycles. The minimum absolute atomic E-state index is 0.0216. The smallest absolute Gasteiger partial charge is 0.254 e. The van der Waals surface area contributed by atoms with E-state index in [1.807, 2.05) is 25.1 Å². The van der Waals surface area contributed by atoms with Crippen LogP contribution in [0.4, 0.5) is 0 Å². The summed E-state index contributed by atoms with van der Waals surface area (Å²) in [5, 5.41) is 2.69. The number of nitrogens with one attached hydrogen (secondary N) is 1. The Bertz CT molecular complexity index is 838. The Morgan fingerprint density at radius 3 is 2.48 bits per heavy atom. The van der Waals surface area contributed by atoms with Crippen LogP contribution < -0.4 is 11.1 Å². The van der Waals surface area contributed by atoms with E-state index in [2.05, 4.69) is 17.4 Å². The van der Waals surface area contributed by atoms with E-state index in [-0.39, 0.29) is 29.8 Å². The Morgan fingerprint density at radius 2 is 1.93 bits per heavy atom. The van der Waals surface area contributed by atoms with Crippen LogP contribution in [0.5, 0.6) is 0 Å². The van der Waals surface area contributed by atoms with E-state index in [0.717, 1.165) is 30.4 Å². The minimum Gasteiger partial charge on any atom is -0.489 e. The van der Waals surface area contributed by atoms with Crippen LogP contribution in [0.2, 0.25) is 0 Å². The summed E-state index contributed by atoms with van der Waals surface area (Å²) in [4.78, 5) is 25.3. The van der Waals surface area contributed by atoms with Gasteiger partial charge in [0.1, 0.15) is 11.9 Å². The molecule has 3 atom stereocenters. The van der Waals surface area contributed by atoms with Crippen molar-refractivity contribution < 1.29 is 14.3 Å². The number of ether oxygens (including phenoxy) is 1. The number of carbonyl (C=O) groups excluding carboxylic acids is 2. The number of amides is 2. The van der Waals surface area contributed by atoms with Gasteiger partial charge in [0.25, 0.3) is 5.91 Å². The molecule has 5 nitrogen and oxygen atoms in total. The predicted molar refractivity (Wildman–Crippen MR) is 102 cm³/mol. The zero-order chi connectivity index (χ0) is 19.2. The molecule has 3 unspecified atom stereocenters. The molecule has 2 aliphatic carbocycles. The number of primary amides is 1. The quantitative estimate of drug-likeness (QED) is 0.860. The van der Waals surface area contributed by atoms with E-state index in [0.29, 0.717) is 17.8 Å². The Morgan fingerprint density at radius 1 is 1.22 bits per heavy atom. The lowest BCUT2D eigenvalue weighted by Crippen LogP contribution is -2.47. The monoisotopic (exact) mass is 366 g/mol. The summed E-state index contributed by atoms with van der Waals surface area (Å²) in [7, 11) is 1.60. The number of likely N-dealkylation sites (N-methyl/N-ethyl adjacent to an activating group) is 1. The van der Waals surface area contributed by atoms with Crippen molar-refractivity contribution in [3.05, 3.63) is 58.9 Å². The third-order valence-corrected chi connectivity index (χ3v) is 6.49. The molecule has 27 heavy (non-hydrogen) atoms. The lowest BCUT2D eigenvalue weighted by molar-refractivity contribution is -0.129. The van der Waals surface area contributed by atoms with E-state index in [9.17, 15) is 9.59 Å². The summed E-state index contributed by atoms with van der Waals surface area (Å²) in [6, 6.07) is 10.2. The van der Waals surface area contributed by atoms with Gasteiger partial charge >= 0.3 is 0 Å². The summed E-state index contributed by atoms with van der Waals surface area (Å²) in [5.41, 5.74) is 7.75. The van der Waals surface area contributed by atoms with Crippen LogP contribution in [0.15, 0.2) is 53.3 Å². The van der Waals surface area contributed by atoms with E-state index < -0.39 is 5.41 Å². The van der Waals surface area contributed by atoms with E-state index in [4.69, 9.17) is 10.5 Å². The van der Waals surface area contributed by atoms with Crippen LogP contribution in [0, 0.1) is 11.3 Å². The van der Waals surface area contributed by atoms with Crippen molar-refractivity contribution >= 4 is 11.8 Å². The van der Waals surface area contributed by atoms with E-state index in [1.165, 1.54) is 0 Å². The van der Waals surface area contributed by atoms with Crippen LogP contribution in [0.3, 0.4) is 0 Å². The molecule has 3 N–H and O–H groups in total. The topological polar surface area (TPSA) is 81.4 Å². The predicted octanol–water partition coefficient (Wildman–Crippen LogP) is 2.79. The SMILES string of the molecule is CNC(=O)C1=CC(C(N)=O)(C2CCC2)CC2=C1OC(C)C2c1ccccc1. The van der Waals surface area contributed by atoms with Crippen molar-refractivity contribution in [2.45, 2.75) is 44.6 Å². The second kappa shape index (κ2) is 6.55. The van der Waals surface area contributed by atoms with Crippen LogP contribution in [-0.2, 0) is 14.3 Å². The summed E-state index contributed by atoms with van der Waals surface area (Å²) in [6.07, 6.45) is 5.27.